The quantitative estimate of drug-likeness (QED) is 0.345. The summed E-state index contributed by atoms with van der Waals surface area (Å²) in [5, 5.41) is 1.64. The normalized spacial score (nSPS) is 16.4. The third kappa shape index (κ3) is 2.53. The zero-order valence-corrected chi connectivity index (χ0v) is 9.52. The highest BCUT2D eigenvalue weighted by Crippen LogP contribution is 2.59. The van der Waals surface area contributed by atoms with E-state index in [1.54, 1.807) is 5.10 Å². The number of hydrazone groups is 1. The van der Waals surface area contributed by atoms with Crippen LogP contribution in [0.5, 0.6) is 0 Å². The minimum absolute atomic E-state index is 1.51. The van der Waals surface area contributed by atoms with Gasteiger partial charge in [0.1, 0.15) is 0 Å². The highest BCUT2D eigenvalue weighted by molar-refractivity contribution is 5.68. The van der Waals surface area contributed by atoms with Crippen molar-refractivity contribution in [3.05, 3.63) is 0 Å². The number of alkyl halides is 13. The van der Waals surface area contributed by atoms with Crippen LogP contribution in [-0.4, -0.2) is 42.0 Å². The van der Waals surface area contributed by atoms with Gasteiger partial charge in [0.15, 0.2) is 0 Å². The lowest BCUT2D eigenvalue weighted by atomic mass is 9.94. The molecule has 0 aromatic carbocycles. The molecule has 0 heterocycles. The van der Waals surface area contributed by atoms with Gasteiger partial charge in [-0.05, 0) is 0 Å². The monoisotopic (exact) mass is 362 g/mol. The minimum atomic E-state index is -7.91. The van der Waals surface area contributed by atoms with E-state index in [-0.39, 0.29) is 0 Å². The van der Waals surface area contributed by atoms with E-state index in [1.807, 2.05) is 0 Å². The van der Waals surface area contributed by atoms with Crippen molar-refractivity contribution in [1.29, 1.82) is 0 Å². The summed E-state index contributed by atoms with van der Waals surface area (Å²) in [6, 6.07) is 0. The lowest BCUT2D eigenvalue weighted by Gasteiger charge is -2.38. The molecule has 0 saturated carbocycles. The highest BCUT2D eigenvalue weighted by atomic mass is 19.4. The third-order valence-electron chi connectivity index (χ3n) is 2.19. The first kappa shape index (κ1) is 20.6. The van der Waals surface area contributed by atoms with Gasteiger partial charge in [-0.25, -0.2) is 0 Å². The Morgan fingerprint density at radius 1 is 0.545 bits per heavy atom. The topological polar surface area (TPSA) is 38.4 Å². The molecule has 0 aromatic rings. The average molecular weight is 362 g/mol. The number of nitrogens with two attached hydrogens (primary N) is 1. The number of halogens is 13. The maximum Gasteiger partial charge on any atom is 0.460 e. The molecule has 0 spiro atoms. The van der Waals surface area contributed by atoms with Crippen molar-refractivity contribution < 1.29 is 57.1 Å². The second-order valence-corrected chi connectivity index (χ2v) is 3.70. The molecule has 2 N–H and O–H groups in total. The summed E-state index contributed by atoms with van der Waals surface area (Å²) in [5.41, 5.74) is 0. The Kier molecular flexibility index (Phi) is 4.71. The highest BCUT2D eigenvalue weighted by Gasteiger charge is 2.90. The third-order valence-corrected chi connectivity index (χ3v) is 2.19. The van der Waals surface area contributed by atoms with E-state index in [4.69, 9.17) is 0 Å². The molecule has 22 heavy (non-hydrogen) atoms. The number of rotatable bonds is 5. The van der Waals surface area contributed by atoms with E-state index < -0.39 is 42.0 Å². The second-order valence-electron chi connectivity index (χ2n) is 3.70. The van der Waals surface area contributed by atoms with Crippen LogP contribution in [0.3, 0.4) is 0 Å². The molecular weight excluding hydrogens is 359 g/mol. The van der Waals surface area contributed by atoms with Crippen LogP contribution in [0.4, 0.5) is 57.1 Å². The molecule has 132 valence electrons. The zero-order valence-electron chi connectivity index (χ0n) is 9.52. The Morgan fingerprint density at radius 2 is 0.864 bits per heavy atom. The largest absolute Gasteiger partial charge is 0.460 e. The second kappa shape index (κ2) is 5.04. The Bertz CT molecular complexity index is 434. The molecule has 0 aromatic heterocycles. The summed E-state index contributed by atoms with van der Waals surface area (Å²) in [4.78, 5) is 0. The van der Waals surface area contributed by atoms with Crippen molar-refractivity contribution in [2.75, 3.05) is 0 Å². The summed E-state index contributed by atoms with van der Waals surface area (Å²) in [6.07, 6.45) is -8.93. The average Bonchev–Trinajstić information content (AvgIpc) is 2.26. The first-order chi connectivity index (χ1) is 9.31. The predicted octanol–water partition coefficient (Wildman–Crippen LogP) is 3.67. The molecule has 0 aliphatic heterocycles. The summed E-state index contributed by atoms with van der Waals surface area (Å²) in [6.45, 7) is 0. The van der Waals surface area contributed by atoms with Gasteiger partial charge < -0.3 is 5.84 Å². The fourth-order valence-electron chi connectivity index (χ4n) is 0.956. The van der Waals surface area contributed by atoms with Crippen LogP contribution in [0.15, 0.2) is 5.10 Å². The molecule has 0 unspecified atom stereocenters. The smallest absolute Gasteiger partial charge is 0.323 e. The van der Waals surface area contributed by atoms with Crippen LogP contribution in [-0.2, 0) is 0 Å². The van der Waals surface area contributed by atoms with Crippen molar-refractivity contribution in [3.63, 3.8) is 0 Å². The van der Waals surface area contributed by atoms with Gasteiger partial charge in [0.05, 0.1) is 6.21 Å². The lowest BCUT2D eigenvalue weighted by molar-refractivity contribution is -0.434. The van der Waals surface area contributed by atoms with Gasteiger partial charge in [0.25, 0.3) is 0 Å². The molecule has 0 aliphatic carbocycles. The van der Waals surface area contributed by atoms with Crippen LogP contribution in [0.2, 0.25) is 0 Å². The van der Waals surface area contributed by atoms with Crippen molar-refractivity contribution >= 4 is 6.21 Å². The van der Waals surface area contributed by atoms with E-state index in [0.717, 1.165) is 0 Å². The van der Waals surface area contributed by atoms with Crippen LogP contribution in [0.25, 0.3) is 0 Å². The molecule has 0 aliphatic rings. The Labute approximate surface area is 111 Å². The molecule has 15 heteroatoms. The summed E-state index contributed by atoms with van der Waals surface area (Å²) < 4.78 is 161. The summed E-state index contributed by atoms with van der Waals surface area (Å²) >= 11 is 0. The molecule has 0 rings (SSSR count). The van der Waals surface area contributed by atoms with E-state index in [2.05, 4.69) is 5.84 Å². The lowest BCUT2D eigenvalue weighted by Crippen LogP contribution is -2.70. The summed E-state index contributed by atoms with van der Waals surface area (Å²) in [7, 11) is 0. The molecule has 0 fully saturated rings. The molecule has 0 bridgehead atoms. The van der Waals surface area contributed by atoms with E-state index in [0.29, 0.717) is 0 Å². The van der Waals surface area contributed by atoms with Crippen molar-refractivity contribution in [1.82, 2.24) is 0 Å². The summed E-state index contributed by atoms with van der Waals surface area (Å²) in [5.74, 6) is -33.3. The molecular formula is C7H3F13N2. The molecule has 2 nitrogen and oxygen atoms in total. The first-order valence-electron chi connectivity index (χ1n) is 4.51. The van der Waals surface area contributed by atoms with Crippen LogP contribution in [0, 0.1) is 0 Å². The van der Waals surface area contributed by atoms with E-state index in [1.165, 1.54) is 0 Å². The van der Waals surface area contributed by atoms with Gasteiger partial charge in [0, 0.05) is 0 Å². The van der Waals surface area contributed by atoms with Gasteiger partial charge >= 0.3 is 35.8 Å². The van der Waals surface area contributed by atoms with Crippen LogP contribution in [0.1, 0.15) is 0 Å². The fraction of sp³-hybridized carbons (Fsp3) is 0.857. The number of nitrogens with zero attached hydrogens (tertiary/aromatic N) is 1. The van der Waals surface area contributed by atoms with Gasteiger partial charge in [-0.15, -0.1) is 0 Å². The van der Waals surface area contributed by atoms with E-state index in [9.17, 15) is 57.1 Å². The number of hydrogen-bond acceptors (Lipinski definition) is 2. The van der Waals surface area contributed by atoms with E-state index >= 15 is 0 Å². The van der Waals surface area contributed by atoms with Gasteiger partial charge in [-0.3, -0.25) is 0 Å². The molecule has 0 saturated heterocycles. The molecule has 0 radical (unpaired) electrons. The van der Waals surface area contributed by atoms with Crippen molar-refractivity contribution in [2.45, 2.75) is 35.8 Å². The zero-order chi connectivity index (χ0) is 18.4. The first-order valence-corrected chi connectivity index (χ1v) is 4.51. The predicted molar refractivity (Wildman–Crippen MR) is 43.5 cm³/mol. The van der Waals surface area contributed by atoms with Gasteiger partial charge in [0.2, 0.25) is 0 Å². The Morgan fingerprint density at radius 3 is 1.14 bits per heavy atom. The van der Waals surface area contributed by atoms with Crippen LogP contribution < -0.4 is 5.84 Å². The SMILES string of the molecule is N/N=C/C(F)(F)C(F)(F)C(F)(F)C(F)(F)C(F)(F)C(F)(F)F. The fourth-order valence-corrected chi connectivity index (χ4v) is 0.956. The molecule has 0 atom stereocenters. The Balaban J connectivity index is 6.23. The van der Waals surface area contributed by atoms with Gasteiger partial charge in [-0.1, -0.05) is 0 Å². The molecule has 0 amide bonds. The standard InChI is InChI=1S/C7H3F13N2/c8-2(9,1-22-21)3(10,11)4(12,13)5(14,15)6(16,17)7(18,19)20/h1H,21H2/b22-1+. The van der Waals surface area contributed by atoms with Crippen molar-refractivity contribution in [3.8, 4) is 0 Å². The number of hydrogen-bond donors (Lipinski definition) is 1. The minimum Gasteiger partial charge on any atom is -0.323 e. The van der Waals surface area contributed by atoms with Gasteiger partial charge in [-0.2, -0.15) is 62.2 Å². The van der Waals surface area contributed by atoms with Crippen LogP contribution >= 0.6 is 0 Å². The maximum absolute atomic E-state index is 12.8. The van der Waals surface area contributed by atoms with Crippen molar-refractivity contribution in [2.24, 2.45) is 10.9 Å². The maximum atomic E-state index is 12.8. The Hall–Kier alpha value is -1.44.